The Morgan fingerprint density at radius 1 is 1.27 bits per heavy atom. The maximum absolute atomic E-state index is 12.1. The summed E-state index contributed by atoms with van der Waals surface area (Å²) >= 11 is 2.81. The lowest BCUT2D eigenvalue weighted by atomic mass is 10.2. The van der Waals surface area contributed by atoms with Gasteiger partial charge in [-0.15, -0.1) is 16.4 Å². The third kappa shape index (κ3) is 4.50. The predicted octanol–water partition coefficient (Wildman–Crippen LogP) is 2.97. The Bertz CT molecular complexity index is 906. The fourth-order valence-corrected chi connectivity index (χ4v) is 3.41. The first-order chi connectivity index (χ1) is 12.5. The van der Waals surface area contributed by atoms with Gasteiger partial charge < -0.3 is 10.2 Å². The number of rotatable bonds is 6. The second kappa shape index (κ2) is 8.15. The molecule has 2 amide bonds. The molecule has 7 nitrogen and oxygen atoms in total. The minimum atomic E-state index is -0.188. The molecule has 3 rings (SSSR count). The van der Waals surface area contributed by atoms with Gasteiger partial charge in [-0.05, 0) is 29.6 Å². The number of benzene rings is 1. The van der Waals surface area contributed by atoms with Gasteiger partial charge in [0.15, 0.2) is 5.82 Å². The van der Waals surface area contributed by atoms with Crippen LogP contribution < -0.4 is 5.32 Å². The fraction of sp³-hybridized carbons (Fsp3) is 0.176. The van der Waals surface area contributed by atoms with Crippen LogP contribution in [0.1, 0.15) is 10.4 Å². The van der Waals surface area contributed by atoms with Crippen LogP contribution in [0.5, 0.6) is 0 Å². The van der Waals surface area contributed by atoms with E-state index in [9.17, 15) is 9.59 Å². The molecule has 2 heterocycles. The second-order valence-electron chi connectivity index (χ2n) is 5.56. The highest BCUT2D eigenvalue weighted by Gasteiger charge is 2.12. The maximum atomic E-state index is 12.1. The summed E-state index contributed by atoms with van der Waals surface area (Å²) < 4.78 is 0. The van der Waals surface area contributed by atoms with Crippen molar-refractivity contribution in [3.05, 3.63) is 47.3 Å². The molecule has 0 aliphatic rings. The number of aromatic nitrogens is 3. The monoisotopic (exact) mass is 387 g/mol. The van der Waals surface area contributed by atoms with Crippen molar-refractivity contribution >= 4 is 40.6 Å². The summed E-state index contributed by atoms with van der Waals surface area (Å²) in [6, 6.07) is 10.8. The van der Waals surface area contributed by atoms with Crippen LogP contribution >= 0.6 is 23.1 Å². The summed E-state index contributed by atoms with van der Waals surface area (Å²) in [4.78, 5) is 31.0. The predicted molar refractivity (Wildman–Crippen MR) is 104 cm³/mol. The van der Waals surface area contributed by atoms with Gasteiger partial charge in [-0.25, -0.2) is 4.98 Å². The maximum Gasteiger partial charge on any atom is 0.253 e. The van der Waals surface area contributed by atoms with Crippen LogP contribution in [0.15, 0.2) is 46.9 Å². The van der Waals surface area contributed by atoms with Gasteiger partial charge in [0.25, 0.3) is 5.91 Å². The molecule has 2 aromatic heterocycles. The number of aromatic amines is 1. The molecule has 0 saturated heterocycles. The summed E-state index contributed by atoms with van der Waals surface area (Å²) in [6.07, 6.45) is 0. The summed E-state index contributed by atoms with van der Waals surface area (Å²) in [5.74, 6) is 0.565. The van der Waals surface area contributed by atoms with Crippen molar-refractivity contribution in [3.8, 4) is 10.7 Å². The SMILES string of the molecule is CN(C)C(=O)c1cccc(NC(=O)CSc2n[nH]c(-c3cccs3)n2)c1. The average Bonchev–Trinajstić information content (AvgIpc) is 3.30. The van der Waals surface area contributed by atoms with Crippen molar-refractivity contribution in [2.45, 2.75) is 5.16 Å². The molecule has 26 heavy (non-hydrogen) atoms. The molecule has 0 fully saturated rings. The Morgan fingerprint density at radius 2 is 2.12 bits per heavy atom. The quantitative estimate of drug-likeness (QED) is 0.635. The molecule has 0 saturated carbocycles. The molecule has 9 heteroatoms. The van der Waals surface area contributed by atoms with Crippen LogP contribution in [-0.4, -0.2) is 51.7 Å². The third-order valence-corrected chi connectivity index (χ3v) is 5.08. The second-order valence-corrected chi connectivity index (χ2v) is 7.45. The number of hydrogen-bond acceptors (Lipinski definition) is 6. The zero-order chi connectivity index (χ0) is 18.5. The van der Waals surface area contributed by atoms with E-state index in [4.69, 9.17) is 0 Å². The van der Waals surface area contributed by atoms with Crippen molar-refractivity contribution in [1.29, 1.82) is 0 Å². The number of nitrogens with one attached hydrogen (secondary N) is 2. The van der Waals surface area contributed by atoms with E-state index in [0.29, 0.717) is 22.2 Å². The number of anilines is 1. The highest BCUT2D eigenvalue weighted by atomic mass is 32.2. The normalized spacial score (nSPS) is 10.5. The van der Waals surface area contributed by atoms with Crippen LogP contribution in [0.2, 0.25) is 0 Å². The Balaban J connectivity index is 1.56. The first-order valence-electron chi connectivity index (χ1n) is 7.73. The first kappa shape index (κ1) is 18.2. The summed E-state index contributed by atoms with van der Waals surface area (Å²) in [5, 5.41) is 12.2. The molecule has 0 radical (unpaired) electrons. The lowest BCUT2D eigenvalue weighted by molar-refractivity contribution is -0.113. The molecule has 0 aliphatic carbocycles. The van der Waals surface area contributed by atoms with Crippen molar-refractivity contribution in [2.24, 2.45) is 0 Å². The summed E-state index contributed by atoms with van der Waals surface area (Å²) in [5.41, 5.74) is 1.10. The highest BCUT2D eigenvalue weighted by molar-refractivity contribution is 7.99. The third-order valence-electron chi connectivity index (χ3n) is 3.35. The number of H-pyrrole nitrogens is 1. The van der Waals surface area contributed by atoms with Gasteiger partial charge >= 0.3 is 0 Å². The molecule has 2 N–H and O–H groups in total. The number of thioether (sulfide) groups is 1. The van der Waals surface area contributed by atoms with Crippen LogP contribution in [0.4, 0.5) is 5.69 Å². The van der Waals surface area contributed by atoms with E-state index in [1.54, 1.807) is 49.7 Å². The molecule has 0 unspecified atom stereocenters. The summed E-state index contributed by atoms with van der Waals surface area (Å²) in [7, 11) is 3.37. The Morgan fingerprint density at radius 3 is 2.85 bits per heavy atom. The van der Waals surface area contributed by atoms with Crippen LogP contribution in [0.25, 0.3) is 10.7 Å². The van der Waals surface area contributed by atoms with Gasteiger partial charge in [-0.1, -0.05) is 23.9 Å². The topological polar surface area (TPSA) is 91.0 Å². The van der Waals surface area contributed by atoms with Crippen molar-refractivity contribution in [2.75, 3.05) is 25.2 Å². The van der Waals surface area contributed by atoms with Crippen LogP contribution in [0, 0.1) is 0 Å². The number of thiophene rings is 1. The average molecular weight is 387 g/mol. The lowest BCUT2D eigenvalue weighted by Gasteiger charge is -2.11. The number of carbonyl (C=O) groups is 2. The first-order valence-corrected chi connectivity index (χ1v) is 9.60. The molecule has 0 spiro atoms. The van der Waals surface area contributed by atoms with Crippen molar-refractivity contribution < 1.29 is 9.59 Å². The van der Waals surface area contributed by atoms with E-state index < -0.39 is 0 Å². The minimum Gasteiger partial charge on any atom is -0.345 e. The van der Waals surface area contributed by atoms with Crippen LogP contribution in [0.3, 0.4) is 0 Å². The van der Waals surface area contributed by atoms with Gasteiger partial charge in [0.2, 0.25) is 11.1 Å². The smallest absolute Gasteiger partial charge is 0.253 e. The molecule has 0 aliphatic heterocycles. The van der Waals surface area contributed by atoms with Gasteiger partial charge in [0.05, 0.1) is 10.6 Å². The number of nitrogens with zero attached hydrogens (tertiary/aromatic N) is 3. The van der Waals surface area contributed by atoms with Gasteiger partial charge in [-0.3, -0.25) is 14.7 Å². The Kier molecular flexibility index (Phi) is 5.69. The number of hydrogen-bond donors (Lipinski definition) is 2. The minimum absolute atomic E-state index is 0.114. The van der Waals surface area contributed by atoms with E-state index in [1.807, 2.05) is 17.5 Å². The zero-order valence-electron chi connectivity index (χ0n) is 14.2. The Hall–Kier alpha value is -2.65. The molecule has 0 atom stereocenters. The van der Waals surface area contributed by atoms with Gasteiger partial charge in [-0.2, -0.15) is 0 Å². The van der Waals surface area contributed by atoms with Crippen LogP contribution in [-0.2, 0) is 4.79 Å². The zero-order valence-corrected chi connectivity index (χ0v) is 15.9. The summed E-state index contributed by atoms with van der Waals surface area (Å²) in [6.45, 7) is 0. The van der Waals surface area contributed by atoms with E-state index in [-0.39, 0.29) is 17.6 Å². The van der Waals surface area contributed by atoms with E-state index in [1.165, 1.54) is 16.7 Å². The standard InChI is InChI=1S/C17H17N5O2S2/c1-22(2)16(24)11-5-3-6-12(9-11)18-14(23)10-26-17-19-15(20-21-17)13-7-4-8-25-13/h3-9H,10H2,1-2H3,(H,18,23)(H,19,20,21). The van der Waals surface area contributed by atoms with Crippen molar-refractivity contribution in [1.82, 2.24) is 20.1 Å². The molecule has 0 bridgehead atoms. The largest absolute Gasteiger partial charge is 0.345 e. The van der Waals surface area contributed by atoms with E-state index in [0.717, 1.165) is 4.88 Å². The molecule has 3 aromatic rings. The van der Waals surface area contributed by atoms with E-state index >= 15 is 0 Å². The molecular weight excluding hydrogens is 370 g/mol. The van der Waals surface area contributed by atoms with Gasteiger partial charge in [0, 0.05) is 25.3 Å². The Labute approximate surface area is 158 Å². The highest BCUT2D eigenvalue weighted by Crippen LogP contribution is 2.23. The fourth-order valence-electron chi connectivity index (χ4n) is 2.15. The van der Waals surface area contributed by atoms with E-state index in [2.05, 4.69) is 20.5 Å². The lowest BCUT2D eigenvalue weighted by Crippen LogP contribution is -2.22. The number of amides is 2. The van der Waals surface area contributed by atoms with Crippen molar-refractivity contribution in [3.63, 3.8) is 0 Å². The number of carbonyl (C=O) groups excluding carboxylic acids is 2. The molecule has 1 aromatic carbocycles. The van der Waals surface area contributed by atoms with Gasteiger partial charge in [0.1, 0.15) is 0 Å². The molecule has 134 valence electrons. The molecular formula is C17H17N5O2S2.